The van der Waals surface area contributed by atoms with E-state index in [4.69, 9.17) is 5.73 Å². The molecule has 0 aliphatic rings. The first kappa shape index (κ1) is 6.78. The monoisotopic (exact) mass is 162 g/mol. The number of amides is 1. The first-order valence-electron chi connectivity index (χ1n) is 3.37. The second kappa shape index (κ2) is 2.30. The van der Waals surface area contributed by atoms with Gasteiger partial charge in [-0.2, -0.15) is 0 Å². The Bertz CT molecular complexity index is 434. The van der Waals surface area contributed by atoms with Crippen LogP contribution >= 0.6 is 0 Å². The maximum Gasteiger partial charge on any atom is 0.285 e. The van der Waals surface area contributed by atoms with Crippen molar-refractivity contribution in [2.75, 3.05) is 0 Å². The van der Waals surface area contributed by atoms with Crippen LogP contribution in [0.1, 0.15) is 10.6 Å². The van der Waals surface area contributed by atoms with Crippen molar-refractivity contribution in [2.24, 2.45) is 5.73 Å². The van der Waals surface area contributed by atoms with Gasteiger partial charge < -0.3 is 5.73 Å². The van der Waals surface area contributed by atoms with Crippen LogP contribution in [-0.2, 0) is 0 Å². The Morgan fingerprint density at radius 3 is 3.08 bits per heavy atom. The highest BCUT2D eigenvalue weighted by Gasteiger charge is 2.07. The minimum atomic E-state index is -0.553. The van der Waals surface area contributed by atoms with E-state index in [1.54, 1.807) is 22.9 Å². The van der Waals surface area contributed by atoms with Gasteiger partial charge in [-0.25, -0.2) is 9.97 Å². The first-order chi connectivity index (χ1) is 5.79. The Morgan fingerprint density at radius 1 is 1.50 bits per heavy atom. The summed E-state index contributed by atoms with van der Waals surface area (Å²) < 4.78 is 1.54. The summed E-state index contributed by atoms with van der Waals surface area (Å²) in [6, 6.07) is 1.71. The quantitative estimate of drug-likeness (QED) is 0.632. The van der Waals surface area contributed by atoms with Crippen molar-refractivity contribution in [3.8, 4) is 0 Å². The number of hydrogen-bond acceptors (Lipinski definition) is 3. The van der Waals surface area contributed by atoms with Crippen LogP contribution in [0.25, 0.3) is 5.65 Å². The van der Waals surface area contributed by atoms with E-state index in [2.05, 4.69) is 9.97 Å². The SMILES string of the molecule is NC(=O)c1ncc2ncccn12. The average Bonchev–Trinajstić information content (AvgIpc) is 2.47. The highest BCUT2D eigenvalue weighted by atomic mass is 16.1. The predicted octanol–water partition coefficient (Wildman–Crippen LogP) is -0.172. The molecule has 0 saturated heterocycles. The molecule has 0 atom stereocenters. The van der Waals surface area contributed by atoms with Crippen molar-refractivity contribution in [2.45, 2.75) is 0 Å². The fourth-order valence-corrected chi connectivity index (χ4v) is 1.02. The summed E-state index contributed by atoms with van der Waals surface area (Å²) in [6.07, 6.45) is 4.82. The lowest BCUT2D eigenvalue weighted by molar-refractivity contribution is 0.0990. The Balaban J connectivity index is 2.79. The van der Waals surface area contributed by atoms with Gasteiger partial charge in [-0.15, -0.1) is 0 Å². The lowest BCUT2D eigenvalue weighted by Gasteiger charge is -1.93. The lowest BCUT2D eigenvalue weighted by Crippen LogP contribution is -2.15. The van der Waals surface area contributed by atoms with Crippen molar-refractivity contribution in [3.63, 3.8) is 0 Å². The Hall–Kier alpha value is -1.91. The molecule has 0 bridgehead atoms. The summed E-state index contributed by atoms with van der Waals surface area (Å²) in [4.78, 5) is 18.6. The predicted molar refractivity (Wildman–Crippen MR) is 41.5 cm³/mol. The molecular weight excluding hydrogens is 156 g/mol. The van der Waals surface area contributed by atoms with Crippen LogP contribution in [0.3, 0.4) is 0 Å². The van der Waals surface area contributed by atoms with E-state index in [1.165, 1.54) is 6.20 Å². The molecule has 60 valence electrons. The number of primary amides is 1. The van der Waals surface area contributed by atoms with Crippen LogP contribution in [0, 0.1) is 0 Å². The number of nitrogens with zero attached hydrogens (tertiary/aromatic N) is 3. The minimum Gasteiger partial charge on any atom is -0.363 e. The van der Waals surface area contributed by atoms with Crippen LogP contribution in [0.15, 0.2) is 24.7 Å². The Morgan fingerprint density at radius 2 is 2.33 bits per heavy atom. The Kier molecular flexibility index (Phi) is 1.30. The van der Waals surface area contributed by atoms with Crippen LogP contribution in [0.5, 0.6) is 0 Å². The summed E-state index contributed by atoms with van der Waals surface area (Å²) in [5.41, 5.74) is 5.69. The van der Waals surface area contributed by atoms with Crippen LogP contribution in [0.4, 0.5) is 0 Å². The zero-order valence-corrected chi connectivity index (χ0v) is 6.14. The number of rotatable bonds is 1. The van der Waals surface area contributed by atoms with Gasteiger partial charge in [0, 0.05) is 12.4 Å². The van der Waals surface area contributed by atoms with Crippen molar-refractivity contribution >= 4 is 11.6 Å². The highest BCUT2D eigenvalue weighted by molar-refractivity contribution is 5.90. The maximum absolute atomic E-state index is 10.8. The lowest BCUT2D eigenvalue weighted by atomic mass is 10.5. The van der Waals surface area contributed by atoms with E-state index in [0.717, 1.165) is 0 Å². The summed E-state index contributed by atoms with van der Waals surface area (Å²) in [5.74, 6) is -0.346. The third-order valence-corrected chi connectivity index (χ3v) is 1.53. The number of carbonyl (C=O) groups excluding carboxylic acids is 1. The molecule has 0 radical (unpaired) electrons. The van der Waals surface area contributed by atoms with E-state index >= 15 is 0 Å². The van der Waals surface area contributed by atoms with Gasteiger partial charge in [-0.1, -0.05) is 0 Å². The number of imidazole rings is 1. The number of hydrogen-bond donors (Lipinski definition) is 1. The topological polar surface area (TPSA) is 73.3 Å². The summed E-state index contributed by atoms with van der Waals surface area (Å²) in [5, 5.41) is 0. The fourth-order valence-electron chi connectivity index (χ4n) is 1.02. The van der Waals surface area contributed by atoms with E-state index in [9.17, 15) is 4.79 Å². The smallest absolute Gasteiger partial charge is 0.285 e. The Labute approximate surface area is 67.9 Å². The largest absolute Gasteiger partial charge is 0.363 e. The van der Waals surface area contributed by atoms with Crippen molar-refractivity contribution in [1.29, 1.82) is 0 Å². The molecule has 2 rings (SSSR count). The highest BCUT2D eigenvalue weighted by Crippen LogP contribution is 2.01. The third-order valence-electron chi connectivity index (χ3n) is 1.53. The average molecular weight is 162 g/mol. The second-order valence-corrected chi connectivity index (χ2v) is 2.29. The van der Waals surface area contributed by atoms with Gasteiger partial charge in [0.2, 0.25) is 5.82 Å². The number of nitrogens with two attached hydrogens (primary N) is 1. The van der Waals surface area contributed by atoms with E-state index in [0.29, 0.717) is 5.65 Å². The van der Waals surface area contributed by atoms with Gasteiger partial charge >= 0.3 is 0 Å². The number of carbonyl (C=O) groups is 1. The minimum absolute atomic E-state index is 0.207. The van der Waals surface area contributed by atoms with Gasteiger partial charge in [-0.05, 0) is 6.07 Å². The number of aromatic nitrogens is 3. The van der Waals surface area contributed by atoms with E-state index in [-0.39, 0.29) is 5.82 Å². The first-order valence-corrected chi connectivity index (χ1v) is 3.37. The fraction of sp³-hybridized carbons (Fsp3) is 0. The van der Waals surface area contributed by atoms with E-state index in [1.807, 2.05) is 0 Å². The van der Waals surface area contributed by atoms with Crippen LogP contribution in [-0.4, -0.2) is 20.3 Å². The van der Waals surface area contributed by atoms with Crippen molar-refractivity contribution < 1.29 is 4.79 Å². The summed E-state index contributed by atoms with van der Waals surface area (Å²) >= 11 is 0. The van der Waals surface area contributed by atoms with Gasteiger partial charge in [0.05, 0.1) is 6.20 Å². The van der Waals surface area contributed by atoms with Crippen molar-refractivity contribution in [1.82, 2.24) is 14.4 Å². The van der Waals surface area contributed by atoms with Crippen LogP contribution in [0.2, 0.25) is 0 Å². The van der Waals surface area contributed by atoms with Gasteiger partial charge in [0.15, 0.2) is 5.65 Å². The zero-order valence-electron chi connectivity index (χ0n) is 6.14. The molecule has 0 aliphatic heterocycles. The molecule has 2 heterocycles. The van der Waals surface area contributed by atoms with Crippen molar-refractivity contribution in [3.05, 3.63) is 30.5 Å². The molecule has 2 aromatic rings. The third kappa shape index (κ3) is 0.833. The molecule has 12 heavy (non-hydrogen) atoms. The molecule has 5 heteroatoms. The van der Waals surface area contributed by atoms with Gasteiger partial charge in [0.1, 0.15) is 0 Å². The number of fused-ring (bicyclic) bond motifs is 1. The molecule has 0 fully saturated rings. The molecule has 2 N–H and O–H groups in total. The molecular formula is C7H6N4O. The summed E-state index contributed by atoms with van der Waals surface area (Å²) in [6.45, 7) is 0. The second-order valence-electron chi connectivity index (χ2n) is 2.29. The molecule has 0 unspecified atom stereocenters. The zero-order chi connectivity index (χ0) is 8.55. The molecule has 1 amide bonds. The summed E-state index contributed by atoms with van der Waals surface area (Å²) in [7, 11) is 0. The standard InChI is InChI=1S/C7H6N4O/c8-6(12)7-10-4-5-9-2-1-3-11(5)7/h1-4H,(H2,8,12). The normalized spacial score (nSPS) is 10.3. The molecule has 5 nitrogen and oxygen atoms in total. The van der Waals surface area contributed by atoms with E-state index < -0.39 is 5.91 Å². The van der Waals surface area contributed by atoms with Crippen LogP contribution < -0.4 is 5.73 Å². The molecule has 0 aromatic carbocycles. The molecule has 0 aliphatic carbocycles. The molecule has 2 aromatic heterocycles. The van der Waals surface area contributed by atoms with Gasteiger partial charge in [-0.3, -0.25) is 9.20 Å². The van der Waals surface area contributed by atoms with Gasteiger partial charge in [0.25, 0.3) is 5.91 Å². The molecule has 0 saturated carbocycles. The maximum atomic E-state index is 10.8. The molecule has 0 spiro atoms.